The number of thiocarbonyl (C=S) groups is 1. The van der Waals surface area contributed by atoms with E-state index < -0.39 is 10.0 Å². The van der Waals surface area contributed by atoms with Crippen LogP contribution in [0.3, 0.4) is 0 Å². The summed E-state index contributed by atoms with van der Waals surface area (Å²) < 4.78 is 21.9. The summed E-state index contributed by atoms with van der Waals surface area (Å²) in [6.45, 7) is 0.181. The molecule has 0 bridgehead atoms. The summed E-state index contributed by atoms with van der Waals surface area (Å²) in [6.07, 6.45) is 4.17. The van der Waals surface area contributed by atoms with E-state index in [1.165, 1.54) is 5.56 Å². The zero-order chi connectivity index (χ0) is 14.8. The predicted molar refractivity (Wildman–Crippen MR) is 83.2 cm³/mol. The molecule has 1 heterocycles. The molecule has 0 fully saturated rings. The zero-order valence-corrected chi connectivity index (χ0v) is 12.7. The molecule has 0 unspecified atom stereocenters. The van der Waals surface area contributed by atoms with E-state index in [4.69, 9.17) is 23.1 Å². The van der Waals surface area contributed by atoms with Gasteiger partial charge in [0.1, 0.15) is 10.8 Å². The highest BCUT2D eigenvalue weighted by atomic mass is 32.2. The van der Waals surface area contributed by atoms with Gasteiger partial charge in [-0.05, 0) is 37.3 Å². The molecule has 5 N–H and O–H groups in total. The van der Waals surface area contributed by atoms with Crippen LogP contribution < -0.4 is 16.2 Å². The molecule has 1 aliphatic rings. The standard InChI is InChI=1S/C12H18N4O2S2/c13-11(19)9-7-8-3-1-2-4-10(8)16-12(9)15-5-6-20(14,17)18/h7H,1-6H2,(H2,13,19)(H,15,16)(H2,14,17,18). The molecule has 1 aromatic rings. The van der Waals surface area contributed by atoms with Gasteiger partial charge in [-0.25, -0.2) is 18.5 Å². The molecule has 1 aromatic heterocycles. The first-order chi connectivity index (χ1) is 9.37. The van der Waals surface area contributed by atoms with Crippen molar-refractivity contribution in [1.82, 2.24) is 4.98 Å². The maximum Gasteiger partial charge on any atom is 0.210 e. The number of hydrogen-bond acceptors (Lipinski definition) is 5. The van der Waals surface area contributed by atoms with Gasteiger partial charge in [0.15, 0.2) is 0 Å². The third-order valence-electron chi connectivity index (χ3n) is 3.25. The molecule has 8 heteroatoms. The van der Waals surface area contributed by atoms with Gasteiger partial charge in [0.05, 0.1) is 11.3 Å². The van der Waals surface area contributed by atoms with E-state index in [0.717, 1.165) is 31.4 Å². The summed E-state index contributed by atoms with van der Waals surface area (Å²) in [5.41, 5.74) is 8.59. The lowest BCUT2D eigenvalue weighted by Gasteiger charge is -2.19. The van der Waals surface area contributed by atoms with E-state index in [1.807, 2.05) is 6.07 Å². The van der Waals surface area contributed by atoms with Crippen molar-refractivity contribution in [1.29, 1.82) is 0 Å². The van der Waals surface area contributed by atoms with Crippen LogP contribution in [0.5, 0.6) is 0 Å². The molecule has 0 spiro atoms. The number of rotatable bonds is 5. The summed E-state index contributed by atoms with van der Waals surface area (Å²) in [4.78, 5) is 4.79. The predicted octanol–water partition coefficient (Wildman–Crippen LogP) is 0.295. The van der Waals surface area contributed by atoms with Gasteiger partial charge in [-0.3, -0.25) is 0 Å². The SMILES string of the molecule is NC(=S)c1cc2c(nc1NCCS(N)(=O)=O)CCCC2. The lowest BCUT2D eigenvalue weighted by molar-refractivity contribution is 0.598. The quantitative estimate of drug-likeness (QED) is 0.674. The van der Waals surface area contributed by atoms with Gasteiger partial charge >= 0.3 is 0 Å². The van der Waals surface area contributed by atoms with Gasteiger partial charge in [-0.1, -0.05) is 12.2 Å². The second-order valence-corrected chi connectivity index (χ2v) is 7.03. The monoisotopic (exact) mass is 314 g/mol. The Morgan fingerprint density at radius 1 is 1.40 bits per heavy atom. The molecule has 0 aromatic carbocycles. The number of aromatic nitrogens is 1. The number of nitrogens with one attached hydrogen (secondary N) is 1. The van der Waals surface area contributed by atoms with Crippen LogP contribution >= 0.6 is 12.2 Å². The lowest BCUT2D eigenvalue weighted by Crippen LogP contribution is -2.24. The smallest absolute Gasteiger partial charge is 0.210 e. The van der Waals surface area contributed by atoms with Crippen molar-refractivity contribution in [3.63, 3.8) is 0 Å². The number of nitrogens with zero attached hydrogens (tertiary/aromatic N) is 1. The summed E-state index contributed by atoms with van der Waals surface area (Å²) in [6, 6.07) is 1.96. The zero-order valence-electron chi connectivity index (χ0n) is 11.1. The Balaban J connectivity index is 2.23. The highest BCUT2D eigenvalue weighted by Crippen LogP contribution is 2.24. The number of primary sulfonamides is 1. The number of sulfonamides is 1. The third-order valence-corrected chi connectivity index (χ3v) is 4.24. The van der Waals surface area contributed by atoms with Gasteiger partial charge in [0, 0.05) is 12.2 Å². The maximum atomic E-state index is 10.9. The van der Waals surface area contributed by atoms with Gasteiger partial charge in [0.25, 0.3) is 0 Å². The van der Waals surface area contributed by atoms with E-state index in [9.17, 15) is 8.42 Å². The fraction of sp³-hybridized carbons (Fsp3) is 0.500. The summed E-state index contributed by atoms with van der Waals surface area (Å²) in [5, 5.41) is 7.93. The molecule has 1 aliphatic carbocycles. The Bertz CT molecular complexity index is 629. The van der Waals surface area contributed by atoms with Crippen LogP contribution in [0, 0.1) is 0 Å². The van der Waals surface area contributed by atoms with Gasteiger partial charge in [-0.2, -0.15) is 0 Å². The average molecular weight is 314 g/mol. The lowest BCUT2D eigenvalue weighted by atomic mass is 9.94. The van der Waals surface area contributed by atoms with Crippen molar-refractivity contribution >= 4 is 33.0 Å². The van der Waals surface area contributed by atoms with E-state index >= 15 is 0 Å². The second-order valence-electron chi connectivity index (χ2n) is 4.86. The van der Waals surface area contributed by atoms with E-state index in [2.05, 4.69) is 10.3 Å². The molecule has 0 amide bonds. The van der Waals surface area contributed by atoms with Crippen LogP contribution in [0.25, 0.3) is 0 Å². The molecule has 0 atom stereocenters. The van der Waals surface area contributed by atoms with Crippen LogP contribution in [-0.2, 0) is 22.9 Å². The van der Waals surface area contributed by atoms with Crippen molar-refractivity contribution in [3.8, 4) is 0 Å². The fourth-order valence-electron chi connectivity index (χ4n) is 2.27. The number of hydrogen-bond donors (Lipinski definition) is 3. The largest absolute Gasteiger partial charge is 0.389 e. The molecule has 2 rings (SSSR count). The Morgan fingerprint density at radius 3 is 2.75 bits per heavy atom. The van der Waals surface area contributed by atoms with Crippen LogP contribution in [0.1, 0.15) is 29.7 Å². The van der Waals surface area contributed by atoms with Crippen molar-refractivity contribution in [3.05, 3.63) is 22.9 Å². The average Bonchev–Trinajstić information content (AvgIpc) is 2.36. The van der Waals surface area contributed by atoms with Crippen molar-refractivity contribution < 1.29 is 8.42 Å². The van der Waals surface area contributed by atoms with Gasteiger partial charge in [-0.15, -0.1) is 0 Å². The first-order valence-electron chi connectivity index (χ1n) is 6.44. The minimum Gasteiger partial charge on any atom is -0.389 e. The highest BCUT2D eigenvalue weighted by Gasteiger charge is 2.16. The molecular formula is C12H18N4O2S2. The summed E-state index contributed by atoms with van der Waals surface area (Å²) in [5.74, 6) is 0.379. The molecule has 20 heavy (non-hydrogen) atoms. The molecular weight excluding hydrogens is 296 g/mol. The highest BCUT2D eigenvalue weighted by molar-refractivity contribution is 7.89. The number of fused-ring (bicyclic) bond motifs is 1. The molecule has 0 radical (unpaired) electrons. The second kappa shape index (κ2) is 6.02. The number of pyridine rings is 1. The normalized spacial score (nSPS) is 14.7. The molecule has 0 saturated heterocycles. The number of anilines is 1. The van der Waals surface area contributed by atoms with E-state index in [0.29, 0.717) is 11.4 Å². The van der Waals surface area contributed by atoms with Crippen molar-refractivity contribution in [2.45, 2.75) is 25.7 Å². The number of aryl methyl sites for hydroxylation is 2. The van der Waals surface area contributed by atoms with E-state index in [1.54, 1.807) is 0 Å². The van der Waals surface area contributed by atoms with E-state index in [-0.39, 0.29) is 17.3 Å². The molecule has 0 saturated carbocycles. The Labute approximate surface area is 124 Å². The van der Waals surface area contributed by atoms with Crippen molar-refractivity contribution in [2.75, 3.05) is 17.6 Å². The Morgan fingerprint density at radius 2 is 2.10 bits per heavy atom. The minimum atomic E-state index is -3.50. The molecule has 110 valence electrons. The van der Waals surface area contributed by atoms with Gasteiger partial charge < -0.3 is 11.1 Å². The first kappa shape index (κ1) is 15.1. The molecule has 0 aliphatic heterocycles. The van der Waals surface area contributed by atoms with Gasteiger partial charge in [0.2, 0.25) is 10.0 Å². The van der Waals surface area contributed by atoms with Crippen molar-refractivity contribution in [2.24, 2.45) is 10.9 Å². The first-order valence-corrected chi connectivity index (χ1v) is 8.56. The van der Waals surface area contributed by atoms with Crippen LogP contribution in [0.4, 0.5) is 5.82 Å². The Kier molecular flexibility index (Phi) is 4.56. The number of nitrogens with two attached hydrogens (primary N) is 2. The Hall–Kier alpha value is -1.25. The van der Waals surface area contributed by atoms with Crippen LogP contribution in [0.15, 0.2) is 6.07 Å². The molecule has 6 nitrogen and oxygen atoms in total. The minimum absolute atomic E-state index is 0.164. The topological polar surface area (TPSA) is 111 Å². The third kappa shape index (κ3) is 3.87. The van der Waals surface area contributed by atoms with Crippen LogP contribution in [0.2, 0.25) is 0 Å². The van der Waals surface area contributed by atoms with Crippen LogP contribution in [-0.4, -0.2) is 30.7 Å². The fourth-order valence-corrected chi connectivity index (χ4v) is 2.81. The maximum absolute atomic E-state index is 10.9. The summed E-state index contributed by atoms with van der Waals surface area (Å²) >= 11 is 5.03. The summed E-state index contributed by atoms with van der Waals surface area (Å²) in [7, 11) is -3.50.